The maximum absolute atomic E-state index is 13.0. The Morgan fingerprint density at radius 3 is 2.59 bits per heavy atom. The van der Waals surface area contributed by atoms with Crippen molar-refractivity contribution in [3.05, 3.63) is 59.9 Å². The number of aliphatic hydroxyl groups is 1. The molecule has 8 heteroatoms. The van der Waals surface area contributed by atoms with Crippen LogP contribution in [0.3, 0.4) is 0 Å². The number of carbonyl (C=O) groups excluding carboxylic acids is 1. The zero-order chi connectivity index (χ0) is 29.1. The van der Waals surface area contributed by atoms with Gasteiger partial charge >= 0.3 is 5.97 Å². The Morgan fingerprint density at radius 2 is 1.78 bits per heavy atom. The molecule has 4 aliphatic heterocycles. The summed E-state index contributed by atoms with van der Waals surface area (Å²) >= 11 is 0. The summed E-state index contributed by atoms with van der Waals surface area (Å²) in [5, 5.41) is 10.6. The van der Waals surface area contributed by atoms with Crippen molar-refractivity contribution in [2.45, 2.75) is 121 Å². The van der Waals surface area contributed by atoms with E-state index in [4.69, 9.17) is 23.4 Å². The van der Waals surface area contributed by atoms with Crippen LogP contribution < -0.4 is 0 Å². The minimum Gasteiger partial charge on any atom is -0.458 e. The van der Waals surface area contributed by atoms with Crippen LogP contribution in [0.15, 0.2) is 52.7 Å². The van der Waals surface area contributed by atoms with E-state index in [1.54, 1.807) is 6.26 Å². The second-order valence-electron chi connectivity index (χ2n) is 12.3. The minimum absolute atomic E-state index is 0.00940. The number of aliphatic hydroxyl groups excluding tert-OH is 1. The zero-order valence-electron chi connectivity index (χ0n) is 24.7. The molecule has 8 nitrogen and oxygen atoms in total. The molecule has 0 aliphatic carbocycles. The van der Waals surface area contributed by atoms with Gasteiger partial charge < -0.3 is 28.5 Å². The molecule has 0 amide bonds. The monoisotopic (exact) mass is 567 g/mol. The summed E-state index contributed by atoms with van der Waals surface area (Å²) in [6.07, 6.45) is 13.6. The van der Waals surface area contributed by atoms with E-state index < -0.39 is 6.10 Å². The molecule has 0 spiro atoms. The number of esters is 1. The molecule has 1 aromatic heterocycles. The van der Waals surface area contributed by atoms with Crippen molar-refractivity contribution < 1.29 is 33.3 Å². The van der Waals surface area contributed by atoms with Crippen molar-refractivity contribution in [1.82, 2.24) is 4.98 Å². The predicted molar refractivity (Wildman–Crippen MR) is 155 cm³/mol. The van der Waals surface area contributed by atoms with Gasteiger partial charge in [-0.1, -0.05) is 44.2 Å². The van der Waals surface area contributed by atoms with Gasteiger partial charge in [-0.25, -0.2) is 9.78 Å². The largest absolute Gasteiger partial charge is 0.458 e. The molecule has 0 radical (unpaired) electrons. The van der Waals surface area contributed by atoms with Crippen LogP contribution >= 0.6 is 0 Å². The van der Waals surface area contributed by atoms with Crippen LogP contribution in [0.1, 0.15) is 90.3 Å². The molecular formula is C33H45NO7. The molecule has 224 valence electrons. The number of oxazole rings is 1. The third-order valence-corrected chi connectivity index (χ3v) is 9.05. The van der Waals surface area contributed by atoms with Gasteiger partial charge in [0.05, 0.1) is 36.6 Å². The summed E-state index contributed by atoms with van der Waals surface area (Å²) in [4.78, 5) is 17.7. The summed E-state index contributed by atoms with van der Waals surface area (Å²) < 4.78 is 31.2. The predicted octanol–water partition coefficient (Wildman–Crippen LogP) is 6.03. The van der Waals surface area contributed by atoms with Crippen molar-refractivity contribution in [2.24, 2.45) is 11.8 Å². The van der Waals surface area contributed by atoms with Crippen LogP contribution in [0.4, 0.5) is 0 Å². The fourth-order valence-corrected chi connectivity index (χ4v) is 6.79. The van der Waals surface area contributed by atoms with Gasteiger partial charge in [0.25, 0.3) is 0 Å². The quantitative estimate of drug-likeness (QED) is 0.324. The smallest absolute Gasteiger partial charge is 0.330 e. The van der Waals surface area contributed by atoms with Gasteiger partial charge in [0.15, 0.2) is 0 Å². The number of allylic oxidation sites excluding steroid dienone is 1. The van der Waals surface area contributed by atoms with Crippen LogP contribution in [0, 0.1) is 11.8 Å². The number of carbonyl (C=O) groups is 1. The van der Waals surface area contributed by atoms with Crippen molar-refractivity contribution in [3.63, 3.8) is 0 Å². The third kappa shape index (κ3) is 7.28. The molecule has 3 saturated heterocycles. The first-order chi connectivity index (χ1) is 19.7. The molecule has 10 atom stereocenters. The van der Waals surface area contributed by atoms with E-state index >= 15 is 0 Å². The molecule has 4 aliphatic rings. The van der Waals surface area contributed by atoms with Gasteiger partial charge in [0.1, 0.15) is 24.2 Å². The minimum atomic E-state index is -0.485. The van der Waals surface area contributed by atoms with E-state index in [-0.39, 0.29) is 60.5 Å². The Bertz CT molecular complexity index is 1170. The van der Waals surface area contributed by atoms with E-state index in [0.29, 0.717) is 43.7 Å². The van der Waals surface area contributed by atoms with Crippen molar-refractivity contribution in [2.75, 3.05) is 0 Å². The van der Waals surface area contributed by atoms with Crippen molar-refractivity contribution in [3.8, 4) is 0 Å². The van der Waals surface area contributed by atoms with Gasteiger partial charge in [-0.2, -0.15) is 0 Å². The van der Waals surface area contributed by atoms with E-state index in [0.717, 1.165) is 24.0 Å². The molecule has 5 rings (SSSR count). The number of ether oxygens (including phenoxy) is 4. The van der Waals surface area contributed by atoms with Crippen LogP contribution in [0.25, 0.3) is 6.08 Å². The number of nitrogens with zero attached hydrogens (tertiary/aromatic N) is 1. The molecule has 0 saturated carbocycles. The Hall–Kier alpha value is -2.52. The molecule has 1 aromatic rings. The number of hydrogen-bond acceptors (Lipinski definition) is 8. The van der Waals surface area contributed by atoms with E-state index in [9.17, 15) is 9.90 Å². The number of hydrogen-bond donors (Lipinski definition) is 1. The summed E-state index contributed by atoms with van der Waals surface area (Å²) in [5.41, 5.74) is 2.93. The fourth-order valence-electron chi connectivity index (χ4n) is 6.79. The molecule has 0 aromatic carbocycles. The summed E-state index contributed by atoms with van der Waals surface area (Å²) in [6, 6.07) is 0. The van der Waals surface area contributed by atoms with Crippen molar-refractivity contribution >= 4 is 12.0 Å². The fraction of sp³-hybridized carbons (Fsp3) is 0.636. The Balaban J connectivity index is 1.41. The maximum Gasteiger partial charge on any atom is 0.330 e. The summed E-state index contributed by atoms with van der Waals surface area (Å²) in [6.45, 7) is 12.5. The SMILES string of the molecule is C=C1C[C@@H]2C[C@@H]3C[C@@H](O)C[C@@H](O3)c3coc(n3)/C=C/C[C@H]3O[C@@H](/C(C)=C/C)[C@H](C)[C@@H](OC(=O)/C=C\C[C@@H](C1)O2)[C@H]3C. The topological polar surface area (TPSA) is 100 Å². The van der Waals surface area contributed by atoms with Gasteiger partial charge in [-0.3, -0.25) is 0 Å². The number of fused-ring (bicyclic) bond motifs is 9. The second kappa shape index (κ2) is 13.2. The van der Waals surface area contributed by atoms with E-state index in [1.807, 2.05) is 25.2 Å². The highest BCUT2D eigenvalue weighted by atomic mass is 16.6. The van der Waals surface area contributed by atoms with Gasteiger partial charge in [0.2, 0.25) is 5.89 Å². The second-order valence-corrected chi connectivity index (χ2v) is 12.3. The Labute approximate surface area is 243 Å². The van der Waals surface area contributed by atoms with E-state index in [1.165, 1.54) is 6.08 Å². The molecule has 3 fully saturated rings. The molecule has 5 heterocycles. The normalized spacial score (nSPS) is 40.7. The van der Waals surface area contributed by atoms with Crippen LogP contribution in [0.5, 0.6) is 0 Å². The first-order valence-corrected chi connectivity index (χ1v) is 15.1. The third-order valence-electron chi connectivity index (χ3n) is 9.05. The molecule has 0 unspecified atom stereocenters. The lowest BCUT2D eigenvalue weighted by Crippen LogP contribution is -2.50. The standard InChI is InChI=1S/C33H45NO7/c1-6-20(3)32-22(5)33-21(4)28(40-32)10-8-11-30-34-27(18-37-30)29-16-23(35)15-26(39-29)17-25-14-19(2)13-24(38-25)9-7-12-31(36)41-33/h6-8,11-12,18,21-26,28-29,32-33,35H,2,9-10,13-17H2,1,3-5H3/b11-8+,12-7-,20-6+/t21-,22-,23+,24-,25+,26-,28+,29+,32-,33-/m0/s1. The molecule has 8 bridgehead atoms. The van der Waals surface area contributed by atoms with Gasteiger partial charge in [-0.05, 0) is 57.6 Å². The number of rotatable bonds is 1. The number of aromatic nitrogens is 1. The molecular weight excluding hydrogens is 522 g/mol. The Kier molecular flexibility index (Phi) is 9.64. The average molecular weight is 568 g/mol. The first-order valence-electron chi connectivity index (χ1n) is 15.1. The van der Waals surface area contributed by atoms with Crippen LogP contribution in [-0.2, 0) is 23.7 Å². The van der Waals surface area contributed by atoms with Crippen LogP contribution in [-0.4, -0.2) is 58.8 Å². The summed E-state index contributed by atoms with van der Waals surface area (Å²) in [5.74, 6) is 0.130. The van der Waals surface area contributed by atoms with Gasteiger partial charge in [0, 0.05) is 30.8 Å². The highest BCUT2D eigenvalue weighted by Crippen LogP contribution is 2.38. The first kappa shape index (κ1) is 30.0. The molecule has 41 heavy (non-hydrogen) atoms. The van der Waals surface area contributed by atoms with Crippen molar-refractivity contribution in [1.29, 1.82) is 0 Å². The lowest BCUT2D eigenvalue weighted by molar-refractivity contribution is -0.180. The van der Waals surface area contributed by atoms with E-state index in [2.05, 4.69) is 38.4 Å². The molecule has 1 N–H and O–H groups in total. The Morgan fingerprint density at radius 1 is 1.00 bits per heavy atom. The van der Waals surface area contributed by atoms with Crippen LogP contribution in [0.2, 0.25) is 0 Å². The highest BCUT2D eigenvalue weighted by Gasteiger charge is 2.43. The zero-order valence-corrected chi connectivity index (χ0v) is 24.7. The maximum atomic E-state index is 13.0. The highest BCUT2D eigenvalue weighted by molar-refractivity contribution is 5.82. The lowest BCUT2D eigenvalue weighted by Gasteiger charge is -2.44. The summed E-state index contributed by atoms with van der Waals surface area (Å²) in [7, 11) is 0. The van der Waals surface area contributed by atoms with Gasteiger partial charge in [-0.15, -0.1) is 0 Å². The average Bonchev–Trinajstić information content (AvgIpc) is 3.40. The lowest BCUT2D eigenvalue weighted by atomic mass is 9.79.